The molecule has 1 aliphatic rings. The molecule has 0 amide bonds. The van der Waals surface area contributed by atoms with Crippen LogP contribution >= 0.6 is 0 Å². The molecule has 0 unspecified atom stereocenters. The van der Waals surface area contributed by atoms with Crippen molar-refractivity contribution >= 4 is 11.5 Å². The van der Waals surface area contributed by atoms with Crippen LogP contribution in [0.3, 0.4) is 0 Å². The highest BCUT2D eigenvalue weighted by Gasteiger charge is 2.17. The van der Waals surface area contributed by atoms with Crippen molar-refractivity contribution in [2.24, 2.45) is 0 Å². The topological polar surface area (TPSA) is 46.5 Å². The van der Waals surface area contributed by atoms with Crippen molar-refractivity contribution in [1.82, 2.24) is 0 Å². The molecule has 0 saturated carbocycles. The van der Waals surface area contributed by atoms with Crippen molar-refractivity contribution in [3.8, 4) is 5.75 Å². The molecule has 0 bridgehead atoms. The van der Waals surface area contributed by atoms with Gasteiger partial charge in [-0.15, -0.1) is 0 Å². The molecule has 102 valence electrons. The number of fused-ring (bicyclic) bond motifs is 1. The number of hydrogen-bond donors (Lipinski definition) is 1. The molecule has 1 N–H and O–H groups in total. The highest BCUT2D eigenvalue weighted by atomic mass is 16.5. The van der Waals surface area contributed by atoms with Crippen LogP contribution in [0.4, 0.5) is 0 Å². The molecule has 19 heavy (non-hydrogen) atoms. The second-order valence-corrected chi connectivity index (χ2v) is 4.86. The summed E-state index contributed by atoms with van der Waals surface area (Å²) in [7, 11) is 1.71. The van der Waals surface area contributed by atoms with E-state index in [9.17, 15) is 4.79 Å². The molecule has 0 aromatic heterocycles. The molecule has 1 aliphatic carbocycles. The lowest BCUT2D eigenvalue weighted by Gasteiger charge is -2.21. The minimum atomic E-state index is -0.718. The molecule has 3 nitrogen and oxygen atoms in total. The molecule has 0 spiro atoms. The lowest BCUT2D eigenvalue weighted by Crippen LogP contribution is -2.04. The standard InChI is InChI=1S/C16H20O3/c1-19-15-10-5-8-13-12(7-4-9-14(13)15)6-2-3-11-16(17)18/h5-6,8,10H,2-4,7,9,11H2,1H3,(H,17,18). The van der Waals surface area contributed by atoms with E-state index in [0.717, 1.165) is 31.4 Å². The molecule has 0 aliphatic heterocycles. The second-order valence-electron chi connectivity index (χ2n) is 4.86. The average molecular weight is 260 g/mol. The minimum Gasteiger partial charge on any atom is -0.496 e. The van der Waals surface area contributed by atoms with E-state index in [1.54, 1.807) is 7.11 Å². The Bertz CT molecular complexity index is 489. The molecule has 3 heteroatoms. The molecule has 0 radical (unpaired) electrons. The number of allylic oxidation sites excluding steroid dienone is 2. The highest BCUT2D eigenvalue weighted by molar-refractivity contribution is 5.72. The molecule has 0 heterocycles. The van der Waals surface area contributed by atoms with Gasteiger partial charge in [0.25, 0.3) is 0 Å². The Labute approximate surface area is 113 Å². The van der Waals surface area contributed by atoms with E-state index >= 15 is 0 Å². The van der Waals surface area contributed by atoms with Crippen LogP contribution in [-0.2, 0) is 11.2 Å². The van der Waals surface area contributed by atoms with Gasteiger partial charge in [-0.05, 0) is 49.3 Å². The van der Waals surface area contributed by atoms with Crippen molar-refractivity contribution in [1.29, 1.82) is 0 Å². The van der Waals surface area contributed by atoms with Crippen molar-refractivity contribution in [3.63, 3.8) is 0 Å². The van der Waals surface area contributed by atoms with E-state index in [-0.39, 0.29) is 6.42 Å². The SMILES string of the molecule is COc1cccc2c1CCCC2=CCCCC(=O)O. The summed E-state index contributed by atoms with van der Waals surface area (Å²) >= 11 is 0. The third-order valence-corrected chi connectivity index (χ3v) is 3.56. The Hall–Kier alpha value is -1.77. The predicted octanol–water partition coefficient (Wildman–Crippen LogP) is 3.67. The van der Waals surface area contributed by atoms with Crippen LogP contribution in [0.5, 0.6) is 5.75 Å². The molecule has 0 saturated heterocycles. The maximum absolute atomic E-state index is 10.5. The van der Waals surface area contributed by atoms with Crippen LogP contribution in [0.15, 0.2) is 24.3 Å². The highest BCUT2D eigenvalue weighted by Crippen LogP contribution is 2.36. The molecule has 0 atom stereocenters. The third kappa shape index (κ3) is 3.37. The first-order chi connectivity index (χ1) is 9.22. The fraction of sp³-hybridized carbons (Fsp3) is 0.438. The summed E-state index contributed by atoms with van der Waals surface area (Å²) in [6.45, 7) is 0. The first-order valence-electron chi connectivity index (χ1n) is 6.79. The Morgan fingerprint density at radius 2 is 2.26 bits per heavy atom. The van der Waals surface area contributed by atoms with Crippen LogP contribution < -0.4 is 4.74 Å². The van der Waals surface area contributed by atoms with E-state index in [2.05, 4.69) is 12.1 Å². The number of methoxy groups -OCH3 is 1. The summed E-state index contributed by atoms with van der Waals surface area (Å²) < 4.78 is 5.41. The van der Waals surface area contributed by atoms with E-state index < -0.39 is 5.97 Å². The van der Waals surface area contributed by atoms with E-state index in [4.69, 9.17) is 9.84 Å². The number of benzene rings is 1. The van der Waals surface area contributed by atoms with Gasteiger partial charge in [0.15, 0.2) is 0 Å². The number of hydrogen-bond acceptors (Lipinski definition) is 2. The lowest BCUT2D eigenvalue weighted by atomic mass is 9.86. The van der Waals surface area contributed by atoms with Gasteiger partial charge in [0.1, 0.15) is 5.75 Å². The number of aliphatic carboxylic acids is 1. The summed E-state index contributed by atoms with van der Waals surface area (Å²) in [6, 6.07) is 6.17. The average Bonchev–Trinajstić information content (AvgIpc) is 2.42. The summed E-state index contributed by atoms with van der Waals surface area (Å²) in [5, 5.41) is 8.64. The number of ether oxygens (including phenoxy) is 1. The normalized spacial score (nSPS) is 16.2. The fourth-order valence-electron chi connectivity index (χ4n) is 2.65. The van der Waals surface area contributed by atoms with Gasteiger partial charge in [0.2, 0.25) is 0 Å². The van der Waals surface area contributed by atoms with Gasteiger partial charge in [-0.25, -0.2) is 0 Å². The molecule has 2 rings (SSSR count). The Balaban J connectivity index is 2.13. The second kappa shape index (κ2) is 6.41. The van der Waals surface area contributed by atoms with Crippen molar-refractivity contribution in [3.05, 3.63) is 35.4 Å². The van der Waals surface area contributed by atoms with Gasteiger partial charge in [0.05, 0.1) is 7.11 Å². The molecular weight excluding hydrogens is 240 g/mol. The summed E-state index contributed by atoms with van der Waals surface area (Å²) in [4.78, 5) is 10.5. The van der Waals surface area contributed by atoms with Gasteiger partial charge in [-0.2, -0.15) is 0 Å². The van der Waals surface area contributed by atoms with Crippen molar-refractivity contribution in [2.45, 2.75) is 38.5 Å². The Kier molecular flexibility index (Phi) is 4.61. The van der Waals surface area contributed by atoms with E-state index in [0.29, 0.717) is 6.42 Å². The van der Waals surface area contributed by atoms with Gasteiger partial charge in [0, 0.05) is 12.0 Å². The molecule has 1 aromatic rings. The number of unbranched alkanes of at least 4 members (excludes halogenated alkanes) is 1. The third-order valence-electron chi connectivity index (χ3n) is 3.56. The first-order valence-corrected chi connectivity index (χ1v) is 6.79. The van der Waals surface area contributed by atoms with Gasteiger partial charge < -0.3 is 9.84 Å². The molecule has 0 fully saturated rings. The number of rotatable bonds is 5. The van der Waals surface area contributed by atoms with Crippen LogP contribution in [0.1, 0.15) is 43.2 Å². The van der Waals surface area contributed by atoms with Gasteiger partial charge >= 0.3 is 5.97 Å². The zero-order chi connectivity index (χ0) is 13.7. The van der Waals surface area contributed by atoms with Crippen molar-refractivity contribution < 1.29 is 14.6 Å². The minimum absolute atomic E-state index is 0.245. The summed E-state index contributed by atoms with van der Waals surface area (Å²) in [5.41, 5.74) is 3.91. The first kappa shape index (κ1) is 13.7. The monoisotopic (exact) mass is 260 g/mol. The zero-order valence-electron chi connectivity index (χ0n) is 11.3. The smallest absolute Gasteiger partial charge is 0.303 e. The van der Waals surface area contributed by atoms with E-state index in [1.165, 1.54) is 16.7 Å². The maximum atomic E-state index is 10.5. The Morgan fingerprint density at radius 3 is 3.00 bits per heavy atom. The number of carboxylic acids is 1. The lowest BCUT2D eigenvalue weighted by molar-refractivity contribution is -0.137. The number of carboxylic acid groups (broad SMARTS) is 1. The largest absolute Gasteiger partial charge is 0.496 e. The Morgan fingerprint density at radius 1 is 1.42 bits per heavy atom. The molecular formula is C16H20O3. The van der Waals surface area contributed by atoms with Crippen molar-refractivity contribution in [2.75, 3.05) is 7.11 Å². The van der Waals surface area contributed by atoms with Gasteiger partial charge in [-0.1, -0.05) is 18.2 Å². The van der Waals surface area contributed by atoms with Crippen LogP contribution in [0.25, 0.3) is 5.57 Å². The van der Waals surface area contributed by atoms with E-state index in [1.807, 2.05) is 12.1 Å². The molecule has 1 aromatic carbocycles. The summed E-state index contributed by atoms with van der Waals surface area (Å²) in [6.07, 6.45) is 7.25. The predicted molar refractivity (Wildman–Crippen MR) is 75.4 cm³/mol. The van der Waals surface area contributed by atoms with Gasteiger partial charge in [-0.3, -0.25) is 4.79 Å². The number of carbonyl (C=O) groups is 1. The summed E-state index contributed by atoms with van der Waals surface area (Å²) in [5.74, 6) is 0.248. The van der Waals surface area contributed by atoms with Crippen LogP contribution in [0.2, 0.25) is 0 Å². The fourth-order valence-corrected chi connectivity index (χ4v) is 2.65. The maximum Gasteiger partial charge on any atom is 0.303 e. The quantitative estimate of drug-likeness (QED) is 0.822. The van der Waals surface area contributed by atoms with Crippen LogP contribution in [0, 0.1) is 0 Å². The zero-order valence-corrected chi connectivity index (χ0v) is 11.3. The van der Waals surface area contributed by atoms with Crippen LogP contribution in [-0.4, -0.2) is 18.2 Å².